The van der Waals surface area contributed by atoms with Crippen molar-refractivity contribution in [3.63, 3.8) is 0 Å². The van der Waals surface area contributed by atoms with E-state index >= 15 is 0 Å². The summed E-state index contributed by atoms with van der Waals surface area (Å²) in [6.07, 6.45) is 0.694. The van der Waals surface area contributed by atoms with Crippen LogP contribution in [-0.2, 0) is 0 Å². The molecule has 5 heteroatoms. The lowest BCUT2D eigenvalue weighted by atomic mass is 10.1. The number of fused-ring (bicyclic) bond motifs is 3. The van der Waals surface area contributed by atoms with Crippen molar-refractivity contribution in [2.75, 3.05) is 6.61 Å². The van der Waals surface area contributed by atoms with E-state index in [-0.39, 0.29) is 16.5 Å². The molecule has 0 bridgehead atoms. The third-order valence-electron chi connectivity index (χ3n) is 3.27. The van der Waals surface area contributed by atoms with Gasteiger partial charge in [0.25, 0.3) is 0 Å². The summed E-state index contributed by atoms with van der Waals surface area (Å²) >= 11 is 1.23. The van der Waals surface area contributed by atoms with Crippen molar-refractivity contribution in [2.45, 2.75) is 20.3 Å². The van der Waals surface area contributed by atoms with Gasteiger partial charge in [-0.2, -0.15) is 4.39 Å². The fourth-order valence-electron chi connectivity index (χ4n) is 2.36. The zero-order valence-electron chi connectivity index (χ0n) is 11.6. The highest BCUT2D eigenvalue weighted by Gasteiger charge is 2.20. The highest BCUT2D eigenvalue weighted by molar-refractivity contribution is 7.25. The molecule has 0 aliphatic carbocycles. The second-order valence-corrected chi connectivity index (χ2v) is 6.03. The van der Waals surface area contributed by atoms with Crippen LogP contribution < -0.4 is 4.74 Å². The first kappa shape index (κ1) is 14.2. The van der Waals surface area contributed by atoms with Gasteiger partial charge in [-0.25, -0.2) is 8.78 Å². The Kier molecular flexibility index (Phi) is 3.53. The van der Waals surface area contributed by atoms with Gasteiger partial charge in [-0.05, 0) is 31.0 Å². The molecule has 0 aliphatic rings. The van der Waals surface area contributed by atoms with E-state index in [0.29, 0.717) is 22.4 Å². The van der Waals surface area contributed by atoms with E-state index in [4.69, 9.17) is 4.74 Å². The Labute approximate surface area is 124 Å². The maximum absolute atomic E-state index is 14.3. The molecule has 0 unspecified atom stereocenters. The number of hydrogen-bond donors (Lipinski definition) is 0. The van der Waals surface area contributed by atoms with Crippen LogP contribution in [0.15, 0.2) is 18.2 Å². The number of aryl methyl sites for hydroxylation is 1. The summed E-state index contributed by atoms with van der Waals surface area (Å²) in [5, 5.41) is 0.132. The summed E-state index contributed by atoms with van der Waals surface area (Å²) < 4.78 is 48.8. The Hall–Kier alpha value is -1.75. The molecular weight excluding hydrogens is 297 g/mol. The zero-order chi connectivity index (χ0) is 15.1. The number of rotatable bonds is 3. The van der Waals surface area contributed by atoms with Gasteiger partial charge in [0.2, 0.25) is 5.82 Å². The highest BCUT2D eigenvalue weighted by Crippen LogP contribution is 2.41. The Bertz CT molecular complexity index is 839. The highest BCUT2D eigenvalue weighted by atomic mass is 32.1. The maximum Gasteiger partial charge on any atom is 0.201 e. The molecule has 0 fully saturated rings. The number of benzene rings is 2. The molecular formula is C16H13F3OS. The number of ether oxygens (including phenoxy) is 1. The van der Waals surface area contributed by atoms with Crippen LogP contribution in [0.2, 0.25) is 0 Å². The molecule has 1 nitrogen and oxygen atoms in total. The summed E-state index contributed by atoms with van der Waals surface area (Å²) in [6, 6.07) is 4.54. The summed E-state index contributed by atoms with van der Waals surface area (Å²) in [6.45, 7) is 3.95. The van der Waals surface area contributed by atoms with E-state index in [9.17, 15) is 13.2 Å². The molecule has 2 aromatic carbocycles. The minimum atomic E-state index is -1.06. The minimum Gasteiger partial charge on any atom is -0.490 e. The molecule has 3 aromatic rings. The smallest absolute Gasteiger partial charge is 0.201 e. The summed E-state index contributed by atoms with van der Waals surface area (Å²) in [4.78, 5) is 0. The van der Waals surface area contributed by atoms with Crippen LogP contribution in [0.4, 0.5) is 13.2 Å². The van der Waals surface area contributed by atoms with E-state index < -0.39 is 17.5 Å². The van der Waals surface area contributed by atoms with Crippen molar-refractivity contribution >= 4 is 31.5 Å². The largest absolute Gasteiger partial charge is 0.490 e. The molecule has 110 valence electrons. The fraction of sp³-hybridized carbons (Fsp3) is 0.250. The molecule has 3 rings (SSSR count). The van der Waals surface area contributed by atoms with Crippen molar-refractivity contribution in [2.24, 2.45) is 0 Å². The molecule has 0 amide bonds. The summed E-state index contributed by atoms with van der Waals surface area (Å²) in [7, 11) is 0. The number of halogens is 3. The topological polar surface area (TPSA) is 9.23 Å². The second kappa shape index (κ2) is 5.22. The van der Waals surface area contributed by atoms with Crippen LogP contribution in [0.25, 0.3) is 20.2 Å². The van der Waals surface area contributed by atoms with Crippen molar-refractivity contribution in [3.05, 3.63) is 41.2 Å². The Morgan fingerprint density at radius 2 is 1.71 bits per heavy atom. The lowest BCUT2D eigenvalue weighted by Gasteiger charge is -2.07. The molecule has 0 saturated carbocycles. The van der Waals surface area contributed by atoms with Crippen molar-refractivity contribution in [1.82, 2.24) is 0 Å². The molecule has 1 heterocycles. The van der Waals surface area contributed by atoms with Gasteiger partial charge in [0, 0.05) is 26.2 Å². The van der Waals surface area contributed by atoms with E-state index in [0.717, 1.165) is 5.56 Å². The van der Waals surface area contributed by atoms with Crippen LogP contribution in [-0.4, -0.2) is 6.61 Å². The number of hydrogen-bond acceptors (Lipinski definition) is 2. The first-order valence-corrected chi connectivity index (χ1v) is 7.47. The normalized spacial score (nSPS) is 11.5. The average Bonchev–Trinajstić information content (AvgIpc) is 2.79. The minimum absolute atomic E-state index is 0.00570. The van der Waals surface area contributed by atoms with Crippen LogP contribution in [0.3, 0.4) is 0 Å². The first-order valence-electron chi connectivity index (χ1n) is 6.66. The van der Waals surface area contributed by atoms with Crippen LogP contribution in [0.1, 0.15) is 18.9 Å². The first-order chi connectivity index (χ1) is 10.0. The molecule has 0 atom stereocenters. The third-order valence-corrected chi connectivity index (χ3v) is 4.35. The second-order valence-electron chi connectivity index (χ2n) is 4.95. The Morgan fingerprint density at radius 1 is 1.00 bits per heavy atom. The van der Waals surface area contributed by atoms with E-state index in [1.165, 1.54) is 23.5 Å². The van der Waals surface area contributed by atoms with Crippen molar-refractivity contribution < 1.29 is 17.9 Å². The fourth-order valence-corrected chi connectivity index (χ4v) is 3.61. The lowest BCUT2D eigenvalue weighted by Crippen LogP contribution is -1.99. The lowest BCUT2D eigenvalue weighted by molar-refractivity contribution is 0.296. The van der Waals surface area contributed by atoms with Gasteiger partial charge in [-0.1, -0.05) is 6.92 Å². The van der Waals surface area contributed by atoms with Crippen LogP contribution in [0, 0.1) is 24.4 Å². The van der Waals surface area contributed by atoms with E-state index in [1.54, 1.807) is 13.0 Å². The molecule has 0 N–H and O–H groups in total. The average molecular weight is 310 g/mol. The molecule has 0 aliphatic heterocycles. The Morgan fingerprint density at radius 3 is 2.43 bits per heavy atom. The van der Waals surface area contributed by atoms with E-state index in [1.807, 2.05) is 6.92 Å². The van der Waals surface area contributed by atoms with Gasteiger partial charge in [0.1, 0.15) is 5.82 Å². The van der Waals surface area contributed by atoms with Gasteiger partial charge in [0.15, 0.2) is 11.6 Å². The zero-order valence-corrected chi connectivity index (χ0v) is 12.4. The SMILES string of the molecule is CCCOc1cc2sc3cc(C)cc(F)c3c2c(F)c1F. The predicted molar refractivity (Wildman–Crippen MR) is 79.7 cm³/mol. The third kappa shape index (κ3) is 2.25. The van der Waals surface area contributed by atoms with Crippen LogP contribution >= 0.6 is 11.3 Å². The van der Waals surface area contributed by atoms with Gasteiger partial charge in [-0.15, -0.1) is 11.3 Å². The summed E-state index contributed by atoms with van der Waals surface area (Å²) in [5.74, 6) is -2.76. The maximum atomic E-state index is 14.3. The molecule has 0 spiro atoms. The summed E-state index contributed by atoms with van der Waals surface area (Å²) in [5.41, 5.74) is 0.745. The Balaban J connectivity index is 2.35. The van der Waals surface area contributed by atoms with Crippen LogP contribution in [0.5, 0.6) is 5.75 Å². The molecule has 0 saturated heterocycles. The molecule has 21 heavy (non-hydrogen) atoms. The van der Waals surface area contributed by atoms with Crippen molar-refractivity contribution in [3.8, 4) is 5.75 Å². The quantitative estimate of drug-likeness (QED) is 0.614. The number of thiophene rings is 1. The standard InChI is InChI=1S/C16H13F3OS/c1-3-4-20-10-7-12-14(16(19)15(10)18)13-9(17)5-8(2)6-11(13)21-12/h5-7H,3-4H2,1-2H3. The van der Waals surface area contributed by atoms with Crippen molar-refractivity contribution in [1.29, 1.82) is 0 Å². The predicted octanol–water partition coefficient (Wildman–Crippen LogP) is 5.57. The van der Waals surface area contributed by atoms with E-state index in [2.05, 4.69) is 0 Å². The van der Waals surface area contributed by atoms with Gasteiger partial charge >= 0.3 is 0 Å². The molecule has 1 aromatic heterocycles. The monoisotopic (exact) mass is 310 g/mol. The molecule has 0 radical (unpaired) electrons. The van der Waals surface area contributed by atoms with Gasteiger partial charge in [-0.3, -0.25) is 0 Å². The van der Waals surface area contributed by atoms with Gasteiger partial charge in [0.05, 0.1) is 6.61 Å². The van der Waals surface area contributed by atoms with Gasteiger partial charge < -0.3 is 4.74 Å².